The van der Waals surface area contributed by atoms with Crippen molar-refractivity contribution >= 4 is 30.4 Å². The van der Waals surface area contributed by atoms with Crippen LogP contribution in [0.4, 0.5) is 0 Å². The Kier molecular flexibility index (Phi) is 6.97. The molecule has 1 aromatic heterocycles. The topological polar surface area (TPSA) is 194 Å². The lowest BCUT2D eigenvalue weighted by atomic mass is 10.1. The highest BCUT2D eigenvalue weighted by Gasteiger charge is 2.51. The number of hydrogen-bond acceptors (Lipinski definition) is 12. The van der Waals surface area contributed by atoms with Gasteiger partial charge >= 0.3 is 5.69 Å². The van der Waals surface area contributed by atoms with Gasteiger partial charge in [0.1, 0.15) is 12.2 Å². The van der Waals surface area contributed by atoms with Gasteiger partial charge in [-0.25, -0.2) is 4.79 Å². The summed E-state index contributed by atoms with van der Waals surface area (Å²) < 4.78 is 90.2. The van der Waals surface area contributed by atoms with Crippen molar-refractivity contribution < 1.29 is 42.5 Å². The van der Waals surface area contributed by atoms with Crippen LogP contribution in [0.1, 0.15) is 11.8 Å². The van der Waals surface area contributed by atoms with Gasteiger partial charge in [0, 0.05) is 11.8 Å². The molecule has 30 heavy (non-hydrogen) atoms. The summed E-state index contributed by atoms with van der Waals surface area (Å²) in [6.07, 6.45) is -3.43. The molecular weight excluding hydrogens is 472 g/mol. The average Bonchev–Trinajstić information content (AvgIpc) is 2.82. The van der Waals surface area contributed by atoms with Crippen molar-refractivity contribution in [1.82, 2.24) is 9.55 Å². The van der Waals surface area contributed by atoms with Crippen molar-refractivity contribution in [2.75, 3.05) is 25.4 Å². The predicted molar refractivity (Wildman–Crippen MR) is 100 cm³/mol. The number of hydrogen-bond donors (Lipinski definition) is 1. The van der Waals surface area contributed by atoms with Gasteiger partial charge in [0.15, 0.2) is 12.3 Å². The fraction of sp³-hybridized carbons (Fsp3) is 0.692. The van der Waals surface area contributed by atoms with Crippen LogP contribution in [0.5, 0.6) is 0 Å². The number of H-pyrrole nitrogens is 1. The Hall–Kier alpha value is -1.63. The van der Waals surface area contributed by atoms with Crippen molar-refractivity contribution in [3.63, 3.8) is 0 Å². The van der Waals surface area contributed by atoms with Gasteiger partial charge in [-0.1, -0.05) is 0 Å². The summed E-state index contributed by atoms with van der Waals surface area (Å²) in [5.74, 6) is 0. The summed E-state index contributed by atoms with van der Waals surface area (Å²) in [6.45, 7) is 0.584. The van der Waals surface area contributed by atoms with Gasteiger partial charge in [0.05, 0.1) is 25.4 Å². The molecule has 172 valence electrons. The molecular formula is C13H20N2O12S3. The van der Waals surface area contributed by atoms with E-state index in [1.54, 1.807) is 0 Å². The maximum atomic E-state index is 12.2. The molecule has 1 aromatic rings. The zero-order valence-corrected chi connectivity index (χ0v) is 18.6. The van der Waals surface area contributed by atoms with Crippen LogP contribution >= 0.6 is 0 Å². The summed E-state index contributed by atoms with van der Waals surface area (Å²) in [7, 11) is -12.4. The number of aromatic amines is 1. The minimum absolute atomic E-state index is 0.0488. The largest absolute Gasteiger partial charge is 0.346 e. The van der Waals surface area contributed by atoms with E-state index < -0.39 is 72.8 Å². The third kappa shape index (κ3) is 6.69. The van der Waals surface area contributed by atoms with Crippen molar-refractivity contribution in [3.05, 3.63) is 32.6 Å². The number of rotatable bonds is 8. The van der Waals surface area contributed by atoms with E-state index in [-0.39, 0.29) is 5.56 Å². The summed E-state index contributed by atoms with van der Waals surface area (Å²) in [5.41, 5.74) is -1.68. The quantitative estimate of drug-likeness (QED) is 0.373. The van der Waals surface area contributed by atoms with Gasteiger partial charge in [-0.2, -0.15) is 25.3 Å². The van der Waals surface area contributed by atoms with E-state index >= 15 is 0 Å². The zero-order chi connectivity index (χ0) is 23.1. The summed E-state index contributed by atoms with van der Waals surface area (Å²) >= 11 is 0. The third-order valence-corrected chi connectivity index (χ3v) is 5.43. The van der Waals surface area contributed by atoms with Gasteiger partial charge in [-0.3, -0.25) is 26.9 Å². The molecule has 0 aliphatic carbocycles. The lowest BCUT2D eigenvalue weighted by molar-refractivity contribution is -0.0458. The number of aromatic nitrogens is 2. The van der Waals surface area contributed by atoms with E-state index in [0.29, 0.717) is 12.5 Å². The Labute approximate surface area is 172 Å². The molecule has 14 nitrogen and oxygen atoms in total. The minimum Gasteiger partial charge on any atom is -0.346 e. The van der Waals surface area contributed by atoms with E-state index in [1.807, 2.05) is 4.98 Å². The van der Waals surface area contributed by atoms with Crippen LogP contribution in [-0.4, -0.2) is 78.5 Å². The first-order chi connectivity index (χ1) is 13.5. The normalized spacial score (nSPS) is 25.5. The lowest BCUT2D eigenvalue weighted by Gasteiger charge is -2.23. The van der Waals surface area contributed by atoms with Crippen LogP contribution in [0, 0.1) is 6.92 Å². The SMILES string of the molecule is Cc1cn([C@H]2O[C@@H](COS(C)(=O)=O)C(OS(C)(=O)=O)C2OS(C)(=O)=O)c(=O)[nH]c1=O. The van der Waals surface area contributed by atoms with Crippen LogP contribution in [0.25, 0.3) is 0 Å². The second kappa shape index (κ2) is 8.48. The van der Waals surface area contributed by atoms with Crippen molar-refractivity contribution in [1.29, 1.82) is 0 Å². The standard InChI is InChI=1S/C13H20N2O12S3/c1-7-5-15(13(17)14-11(7)16)12-10(27-30(4,22)23)9(26-29(3,20)21)8(25-12)6-24-28(2,18)19/h5,8-10,12H,6H2,1-4H3,(H,14,16,17)/t8-,9?,10?,12-/m0/s1. The van der Waals surface area contributed by atoms with Crippen LogP contribution in [-0.2, 0) is 47.6 Å². The fourth-order valence-electron chi connectivity index (χ4n) is 2.65. The predicted octanol–water partition coefficient (Wildman–Crippen LogP) is -2.59. The molecule has 0 aromatic carbocycles. The van der Waals surface area contributed by atoms with E-state index in [4.69, 9.17) is 13.1 Å². The first-order valence-electron chi connectivity index (χ1n) is 8.05. The second-order valence-corrected chi connectivity index (χ2v) is 11.4. The smallest absolute Gasteiger partial charge is 0.330 e. The minimum atomic E-state index is -4.24. The Morgan fingerprint density at radius 3 is 2.00 bits per heavy atom. The molecule has 2 heterocycles. The van der Waals surface area contributed by atoms with E-state index in [9.17, 15) is 34.8 Å². The van der Waals surface area contributed by atoms with Gasteiger partial charge in [0.2, 0.25) is 0 Å². The first-order valence-corrected chi connectivity index (χ1v) is 13.5. The number of nitrogens with one attached hydrogen (secondary N) is 1. The second-order valence-electron chi connectivity index (χ2n) is 6.56. The van der Waals surface area contributed by atoms with Gasteiger partial charge in [-0.05, 0) is 6.92 Å². The number of nitrogens with zero attached hydrogens (tertiary/aromatic N) is 1. The molecule has 4 atom stereocenters. The van der Waals surface area contributed by atoms with E-state index in [2.05, 4.69) is 4.18 Å². The Morgan fingerprint density at radius 2 is 1.50 bits per heavy atom. The molecule has 0 spiro atoms. The van der Waals surface area contributed by atoms with Crippen LogP contribution in [0.2, 0.25) is 0 Å². The first kappa shape index (κ1) is 24.6. The van der Waals surface area contributed by atoms with Crippen molar-refractivity contribution in [2.45, 2.75) is 31.5 Å². The average molecular weight is 493 g/mol. The molecule has 1 saturated heterocycles. The van der Waals surface area contributed by atoms with Crippen LogP contribution in [0.15, 0.2) is 15.8 Å². The molecule has 0 radical (unpaired) electrons. The third-order valence-electron chi connectivity index (χ3n) is 3.72. The van der Waals surface area contributed by atoms with Crippen molar-refractivity contribution in [2.24, 2.45) is 0 Å². The molecule has 2 unspecified atom stereocenters. The Bertz CT molecular complexity index is 1230. The molecule has 0 saturated carbocycles. The highest BCUT2D eigenvalue weighted by Crippen LogP contribution is 2.35. The molecule has 0 amide bonds. The molecule has 2 rings (SSSR count). The molecule has 1 fully saturated rings. The molecule has 17 heteroatoms. The van der Waals surface area contributed by atoms with Crippen LogP contribution < -0.4 is 11.2 Å². The summed E-state index contributed by atoms with van der Waals surface area (Å²) in [5, 5.41) is 0. The maximum absolute atomic E-state index is 12.2. The molecule has 0 bridgehead atoms. The molecule has 1 N–H and O–H groups in total. The van der Waals surface area contributed by atoms with E-state index in [1.165, 1.54) is 6.92 Å². The molecule has 1 aliphatic rings. The van der Waals surface area contributed by atoms with Crippen LogP contribution in [0.3, 0.4) is 0 Å². The van der Waals surface area contributed by atoms with E-state index in [0.717, 1.165) is 17.0 Å². The maximum Gasteiger partial charge on any atom is 0.330 e. The van der Waals surface area contributed by atoms with Gasteiger partial charge < -0.3 is 4.74 Å². The highest BCUT2D eigenvalue weighted by atomic mass is 32.2. The zero-order valence-electron chi connectivity index (χ0n) is 16.2. The summed E-state index contributed by atoms with van der Waals surface area (Å²) in [4.78, 5) is 25.8. The Balaban J connectivity index is 2.59. The summed E-state index contributed by atoms with van der Waals surface area (Å²) in [6, 6.07) is 0. The monoisotopic (exact) mass is 492 g/mol. The lowest BCUT2D eigenvalue weighted by Crippen LogP contribution is -2.43. The van der Waals surface area contributed by atoms with Gasteiger partial charge in [0.25, 0.3) is 35.9 Å². The number of ether oxygens (including phenoxy) is 1. The highest BCUT2D eigenvalue weighted by molar-refractivity contribution is 7.86. The molecule has 1 aliphatic heterocycles. The van der Waals surface area contributed by atoms with Gasteiger partial charge in [-0.15, -0.1) is 0 Å². The Morgan fingerprint density at radius 1 is 0.967 bits per heavy atom. The fourth-order valence-corrected chi connectivity index (χ4v) is 4.28. The number of aryl methyl sites for hydroxylation is 1. The van der Waals surface area contributed by atoms with Crippen molar-refractivity contribution in [3.8, 4) is 0 Å².